The number of nitrogens with one attached hydrogen (secondary N) is 1. The van der Waals surface area contributed by atoms with E-state index in [0.29, 0.717) is 0 Å². The van der Waals surface area contributed by atoms with E-state index in [1.54, 1.807) is 0 Å². The molecule has 138 valence electrons. The van der Waals surface area contributed by atoms with Gasteiger partial charge in [0.1, 0.15) is 4.90 Å². The fourth-order valence-electron chi connectivity index (χ4n) is 1.83. The number of hydrogen-bond acceptors (Lipinski definition) is 5. The molecule has 0 unspecified atom stereocenters. The zero-order valence-electron chi connectivity index (χ0n) is 12.8. The molecule has 2 aromatic rings. The van der Waals surface area contributed by atoms with Gasteiger partial charge in [0.05, 0.1) is 10.6 Å². The molecule has 0 heterocycles. The van der Waals surface area contributed by atoms with Gasteiger partial charge in [0.2, 0.25) is 10.0 Å². The fraction of sp³-hybridized carbons (Fsp3) is 0.0667. The van der Waals surface area contributed by atoms with Crippen LogP contribution < -0.4 is 10.5 Å². The van der Waals surface area contributed by atoms with E-state index in [1.165, 1.54) is 6.07 Å². The number of primary sulfonamides is 1. The lowest BCUT2D eigenvalue weighted by molar-refractivity contribution is -0.119. The van der Waals surface area contributed by atoms with Crippen molar-refractivity contribution < 1.29 is 31.5 Å². The molecule has 0 radical (unpaired) electrons. The average molecular weight is 405 g/mol. The van der Waals surface area contributed by atoms with Crippen LogP contribution in [0, 0.1) is 11.6 Å². The van der Waals surface area contributed by atoms with Gasteiger partial charge in [0.25, 0.3) is 5.91 Å². The van der Waals surface area contributed by atoms with Gasteiger partial charge in [-0.05, 0) is 30.3 Å². The van der Waals surface area contributed by atoms with Gasteiger partial charge < -0.3 is 10.1 Å². The number of rotatable bonds is 5. The number of ether oxygens (including phenoxy) is 1. The first-order valence-electron chi connectivity index (χ1n) is 6.82. The van der Waals surface area contributed by atoms with Crippen LogP contribution in [-0.2, 0) is 19.6 Å². The third kappa shape index (κ3) is 4.97. The molecule has 0 aliphatic carbocycles. The molecule has 7 nitrogen and oxygen atoms in total. The van der Waals surface area contributed by atoms with Crippen LogP contribution in [-0.4, -0.2) is 26.9 Å². The van der Waals surface area contributed by atoms with E-state index in [-0.39, 0.29) is 16.3 Å². The Morgan fingerprint density at radius 2 is 1.81 bits per heavy atom. The maximum atomic E-state index is 13.1. The van der Waals surface area contributed by atoms with Crippen LogP contribution in [0.4, 0.5) is 14.5 Å². The molecule has 2 aromatic carbocycles. The lowest BCUT2D eigenvalue weighted by atomic mass is 10.2. The summed E-state index contributed by atoms with van der Waals surface area (Å²) in [4.78, 5) is 23.1. The number of nitrogens with two attached hydrogens (primary N) is 1. The van der Waals surface area contributed by atoms with Gasteiger partial charge >= 0.3 is 5.97 Å². The predicted molar refractivity (Wildman–Crippen MR) is 88.1 cm³/mol. The summed E-state index contributed by atoms with van der Waals surface area (Å²) in [5, 5.41) is 6.99. The highest BCUT2D eigenvalue weighted by atomic mass is 35.5. The topological polar surface area (TPSA) is 116 Å². The van der Waals surface area contributed by atoms with Crippen LogP contribution in [0.2, 0.25) is 5.02 Å². The van der Waals surface area contributed by atoms with Gasteiger partial charge in [-0.3, -0.25) is 4.79 Å². The zero-order valence-corrected chi connectivity index (χ0v) is 14.4. The number of halogens is 3. The Kier molecular flexibility index (Phi) is 5.90. The lowest BCUT2D eigenvalue weighted by Gasteiger charge is -2.08. The summed E-state index contributed by atoms with van der Waals surface area (Å²) in [6.45, 7) is -0.745. The van der Waals surface area contributed by atoms with Crippen molar-refractivity contribution in [2.24, 2.45) is 5.14 Å². The number of carbonyl (C=O) groups is 2. The minimum atomic E-state index is -4.15. The van der Waals surface area contributed by atoms with Crippen LogP contribution >= 0.6 is 11.6 Å². The predicted octanol–water partition coefficient (Wildman–Crippen LogP) is 2.06. The standard InChI is InChI=1S/C15H11ClF2N2O5S/c16-10-3-1-8(5-13(10)26(19,23)24)15(22)25-7-14(21)20-9-2-4-11(17)12(18)6-9/h1-6H,7H2,(H,20,21)(H2,19,23,24). The maximum absolute atomic E-state index is 13.1. The first-order valence-corrected chi connectivity index (χ1v) is 8.75. The van der Waals surface area contributed by atoms with E-state index in [9.17, 15) is 26.8 Å². The van der Waals surface area contributed by atoms with Gasteiger partial charge in [-0.1, -0.05) is 11.6 Å². The summed E-state index contributed by atoms with van der Waals surface area (Å²) in [7, 11) is -4.15. The van der Waals surface area contributed by atoms with Crippen molar-refractivity contribution in [1.29, 1.82) is 0 Å². The average Bonchev–Trinajstić information content (AvgIpc) is 2.55. The smallest absolute Gasteiger partial charge is 0.338 e. The molecule has 3 N–H and O–H groups in total. The number of hydrogen-bond donors (Lipinski definition) is 2. The summed E-state index contributed by atoms with van der Waals surface area (Å²) in [6.07, 6.45) is 0. The second kappa shape index (κ2) is 7.77. The highest BCUT2D eigenvalue weighted by Crippen LogP contribution is 2.22. The van der Waals surface area contributed by atoms with Crippen molar-refractivity contribution in [3.63, 3.8) is 0 Å². The van der Waals surface area contributed by atoms with Gasteiger partial charge in [-0.2, -0.15) is 0 Å². The van der Waals surface area contributed by atoms with Crippen LogP contribution in [0.3, 0.4) is 0 Å². The van der Waals surface area contributed by atoms with Gasteiger partial charge in [-0.15, -0.1) is 0 Å². The number of carbonyl (C=O) groups excluding carboxylic acids is 2. The minimum absolute atomic E-state index is 0.0343. The van der Waals surface area contributed by atoms with Gasteiger partial charge in [-0.25, -0.2) is 27.1 Å². The monoisotopic (exact) mass is 404 g/mol. The van der Waals surface area contributed by atoms with Crippen LogP contribution in [0.1, 0.15) is 10.4 Å². The van der Waals surface area contributed by atoms with E-state index in [4.69, 9.17) is 21.5 Å². The Labute approximate surface area is 151 Å². The zero-order chi connectivity index (χ0) is 19.5. The SMILES string of the molecule is NS(=O)(=O)c1cc(C(=O)OCC(=O)Nc2ccc(F)c(F)c2)ccc1Cl. The quantitative estimate of drug-likeness (QED) is 0.740. The van der Waals surface area contributed by atoms with Gasteiger partial charge in [0.15, 0.2) is 18.2 Å². The summed E-state index contributed by atoms with van der Waals surface area (Å²) in [6, 6.07) is 5.93. The molecule has 2 rings (SSSR count). The lowest BCUT2D eigenvalue weighted by Crippen LogP contribution is -2.21. The number of sulfonamides is 1. The summed E-state index contributed by atoms with van der Waals surface area (Å²) >= 11 is 5.69. The molecule has 0 fully saturated rings. The highest BCUT2D eigenvalue weighted by molar-refractivity contribution is 7.89. The molecule has 0 aromatic heterocycles. The number of amides is 1. The second-order valence-corrected chi connectivity index (χ2v) is 6.88. The van der Waals surface area contributed by atoms with Crippen molar-refractivity contribution in [3.05, 3.63) is 58.6 Å². The van der Waals surface area contributed by atoms with E-state index in [2.05, 4.69) is 5.32 Å². The molecule has 0 bridgehead atoms. The Bertz CT molecular complexity index is 982. The molecule has 26 heavy (non-hydrogen) atoms. The van der Waals surface area contributed by atoms with E-state index < -0.39 is 45.0 Å². The minimum Gasteiger partial charge on any atom is -0.452 e. The Morgan fingerprint density at radius 1 is 1.12 bits per heavy atom. The summed E-state index contributed by atoms with van der Waals surface area (Å²) in [5.74, 6) is -4.06. The first kappa shape index (κ1) is 19.8. The van der Waals surface area contributed by atoms with Crippen LogP contribution in [0.25, 0.3) is 0 Å². The molecule has 11 heteroatoms. The summed E-state index contributed by atoms with van der Waals surface area (Å²) < 4.78 is 53.3. The largest absolute Gasteiger partial charge is 0.452 e. The molecule has 0 aliphatic rings. The molecular formula is C15H11ClF2N2O5S. The van der Waals surface area contributed by atoms with E-state index in [0.717, 1.165) is 30.3 Å². The van der Waals surface area contributed by atoms with Crippen molar-refractivity contribution in [2.75, 3.05) is 11.9 Å². The van der Waals surface area contributed by atoms with Crippen LogP contribution in [0.5, 0.6) is 0 Å². The fourth-order valence-corrected chi connectivity index (χ4v) is 2.90. The van der Waals surface area contributed by atoms with Crippen LogP contribution in [0.15, 0.2) is 41.3 Å². The second-order valence-electron chi connectivity index (χ2n) is 4.94. The highest BCUT2D eigenvalue weighted by Gasteiger charge is 2.18. The third-order valence-electron chi connectivity index (χ3n) is 3.01. The van der Waals surface area contributed by atoms with Crippen molar-refractivity contribution >= 4 is 39.2 Å². The molecular weight excluding hydrogens is 394 g/mol. The van der Waals surface area contributed by atoms with Gasteiger partial charge in [0, 0.05) is 11.8 Å². The molecule has 1 amide bonds. The first-order chi connectivity index (χ1) is 12.1. The number of benzene rings is 2. The summed E-state index contributed by atoms with van der Waals surface area (Å²) in [5.41, 5.74) is -0.230. The molecule has 0 saturated heterocycles. The van der Waals surface area contributed by atoms with Crippen molar-refractivity contribution in [3.8, 4) is 0 Å². The Balaban J connectivity index is 2.02. The van der Waals surface area contributed by atoms with Crippen molar-refractivity contribution in [2.45, 2.75) is 4.90 Å². The normalized spacial score (nSPS) is 11.1. The Hall–Kier alpha value is -2.56. The molecule has 0 spiro atoms. The maximum Gasteiger partial charge on any atom is 0.338 e. The van der Waals surface area contributed by atoms with E-state index in [1.807, 2.05) is 0 Å². The number of anilines is 1. The van der Waals surface area contributed by atoms with E-state index >= 15 is 0 Å². The molecule has 0 atom stereocenters. The Morgan fingerprint density at radius 3 is 2.42 bits per heavy atom. The van der Waals surface area contributed by atoms with Crippen molar-refractivity contribution in [1.82, 2.24) is 0 Å². The molecule has 0 aliphatic heterocycles. The third-order valence-corrected chi connectivity index (χ3v) is 4.40. The molecule has 0 saturated carbocycles. The number of esters is 1.